The van der Waals surface area contributed by atoms with Crippen molar-refractivity contribution in [2.24, 2.45) is 0 Å². The van der Waals surface area contributed by atoms with Crippen molar-refractivity contribution in [1.82, 2.24) is 19.4 Å². The van der Waals surface area contributed by atoms with E-state index in [1.54, 1.807) is 25.9 Å². The van der Waals surface area contributed by atoms with Crippen LogP contribution in [0.5, 0.6) is 5.75 Å². The van der Waals surface area contributed by atoms with Crippen LogP contribution in [0.4, 0.5) is 6.01 Å². The van der Waals surface area contributed by atoms with Gasteiger partial charge in [-0.15, -0.1) is 0 Å². The van der Waals surface area contributed by atoms with E-state index in [1.807, 2.05) is 29.0 Å². The maximum atomic E-state index is 5.98. The minimum Gasteiger partial charge on any atom is -0.497 e. The molecule has 0 bridgehead atoms. The van der Waals surface area contributed by atoms with Crippen LogP contribution in [0.25, 0.3) is 5.69 Å². The molecule has 0 radical (unpaired) electrons. The van der Waals surface area contributed by atoms with Crippen molar-refractivity contribution < 1.29 is 13.9 Å². The van der Waals surface area contributed by atoms with Crippen molar-refractivity contribution in [3.05, 3.63) is 90.3 Å². The molecule has 1 aliphatic rings. The molecule has 2 aromatic carbocycles. The zero-order chi connectivity index (χ0) is 23.2. The van der Waals surface area contributed by atoms with Gasteiger partial charge in [0.2, 0.25) is 0 Å². The maximum absolute atomic E-state index is 5.98. The first-order chi connectivity index (χ1) is 16.8. The largest absolute Gasteiger partial charge is 0.497 e. The highest BCUT2D eigenvalue weighted by Crippen LogP contribution is 2.23. The Bertz CT molecular complexity index is 1180. The lowest BCUT2D eigenvalue weighted by Crippen LogP contribution is -2.35. The number of nitrogens with zero attached hydrogens (tertiary/aromatic N) is 5. The van der Waals surface area contributed by atoms with Gasteiger partial charge in [-0.3, -0.25) is 4.90 Å². The fourth-order valence-corrected chi connectivity index (χ4v) is 4.13. The third kappa shape index (κ3) is 5.47. The summed E-state index contributed by atoms with van der Waals surface area (Å²) in [6.07, 6.45) is 7.30. The molecule has 0 spiro atoms. The zero-order valence-electron chi connectivity index (χ0n) is 19.3. The number of methoxy groups -OCH3 is 1. The fraction of sp³-hybridized carbons (Fsp3) is 0.308. The molecule has 34 heavy (non-hydrogen) atoms. The van der Waals surface area contributed by atoms with Crippen LogP contribution in [0.1, 0.15) is 16.8 Å². The summed E-state index contributed by atoms with van der Waals surface area (Å²) >= 11 is 0. The van der Waals surface area contributed by atoms with Crippen LogP contribution < -0.4 is 9.64 Å². The van der Waals surface area contributed by atoms with Gasteiger partial charge in [-0.2, -0.15) is 4.98 Å². The van der Waals surface area contributed by atoms with Gasteiger partial charge in [0, 0.05) is 50.8 Å². The van der Waals surface area contributed by atoms with Crippen molar-refractivity contribution >= 4 is 6.01 Å². The van der Waals surface area contributed by atoms with Crippen molar-refractivity contribution in [1.29, 1.82) is 0 Å². The maximum Gasteiger partial charge on any atom is 0.298 e. The molecule has 176 valence electrons. The second-order valence-electron chi connectivity index (χ2n) is 8.36. The smallest absolute Gasteiger partial charge is 0.298 e. The minimum absolute atomic E-state index is 0.610. The van der Waals surface area contributed by atoms with E-state index < -0.39 is 0 Å². The molecule has 0 N–H and O–H groups in total. The molecule has 0 unspecified atom stereocenters. The summed E-state index contributed by atoms with van der Waals surface area (Å²) in [5.41, 5.74) is 4.27. The first-order valence-electron chi connectivity index (χ1n) is 11.5. The first-order valence-corrected chi connectivity index (χ1v) is 11.5. The van der Waals surface area contributed by atoms with Gasteiger partial charge in [-0.25, -0.2) is 4.98 Å². The van der Waals surface area contributed by atoms with Crippen LogP contribution in [0.2, 0.25) is 0 Å². The summed E-state index contributed by atoms with van der Waals surface area (Å²) in [7, 11) is 1.69. The lowest BCUT2D eigenvalue weighted by Gasteiger charge is -2.25. The van der Waals surface area contributed by atoms with Gasteiger partial charge >= 0.3 is 0 Å². The van der Waals surface area contributed by atoms with E-state index in [4.69, 9.17) is 18.9 Å². The van der Waals surface area contributed by atoms with Gasteiger partial charge in [-0.1, -0.05) is 24.3 Å². The Morgan fingerprint density at radius 3 is 2.59 bits per heavy atom. The molecule has 0 saturated carbocycles. The Kier molecular flexibility index (Phi) is 6.88. The number of aromatic nitrogens is 3. The van der Waals surface area contributed by atoms with E-state index in [-0.39, 0.29) is 0 Å². The van der Waals surface area contributed by atoms with E-state index >= 15 is 0 Å². The quantitative estimate of drug-likeness (QED) is 0.376. The number of hydrogen-bond donors (Lipinski definition) is 0. The van der Waals surface area contributed by atoms with Gasteiger partial charge in [-0.05, 0) is 35.4 Å². The van der Waals surface area contributed by atoms with E-state index in [2.05, 4.69) is 45.1 Å². The normalized spacial score (nSPS) is 14.3. The summed E-state index contributed by atoms with van der Waals surface area (Å²) in [4.78, 5) is 13.5. The Balaban J connectivity index is 1.39. The minimum atomic E-state index is 0.610. The molecule has 1 fully saturated rings. The summed E-state index contributed by atoms with van der Waals surface area (Å²) in [6, 6.07) is 17.1. The Labute approximate surface area is 199 Å². The number of rotatable bonds is 9. The van der Waals surface area contributed by atoms with Gasteiger partial charge in [0.15, 0.2) is 0 Å². The summed E-state index contributed by atoms with van der Waals surface area (Å²) in [5.74, 6) is 0.833. The molecule has 0 atom stereocenters. The Hall–Kier alpha value is -3.62. The molecule has 1 aliphatic heterocycles. The summed E-state index contributed by atoms with van der Waals surface area (Å²) in [5, 5.41) is 0. The second kappa shape index (κ2) is 10.5. The highest BCUT2D eigenvalue weighted by atomic mass is 16.5. The Morgan fingerprint density at radius 1 is 1.03 bits per heavy atom. The topological polar surface area (TPSA) is 68.8 Å². The molecule has 0 amide bonds. The number of anilines is 1. The van der Waals surface area contributed by atoms with Crippen molar-refractivity contribution in [3.63, 3.8) is 0 Å². The van der Waals surface area contributed by atoms with E-state index in [1.165, 1.54) is 0 Å². The lowest BCUT2D eigenvalue weighted by atomic mass is 10.1. The molecule has 8 nitrogen and oxygen atoms in total. The van der Waals surface area contributed by atoms with E-state index in [0.717, 1.165) is 61.1 Å². The number of ether oxygens (including phenoxy) is 2. The molecular formula is C26H29N5O3. The molecule has 3 heterocycles. The highest BCUT2D eigenvalue weighted by Gasteiger charge is 2.18. The highest BCUT2D eigenvalue weighted by molar-refractivity contribution is 5.40. The van der Waals surface area contributed by atoms with Crippen molar-refractivity contribution in [2.75, 3.05) is 38.3 Å². The Morgan fingerprint density at radius 2 is 1.82 bits per heavy atom. The number of morpholine rings is 1. The first kappa shape index (κ1) is 22.2. The average Bonchev–Trinajstić information content (AvgIpc) is 3.58. The van der Waals surface area contributed by atoms with Gasteiger partial charge < -0.3 is 23.4 Å². The van der Waals surface area contributed by atoms with Crippen molar-refractivity contribution in [2.45, 2.75) is 19.6 Å². The lowest BCUT2D eigenvalue weighted by molar-refractivity contribution is 0.0336. The van der Waals surface area contributed by atoms with Crippen LogP contribution in [-0.4, -0.2) is 52.8 Å². The summed E-state index contributed by atoms with van der Waals surface area (Å²) < 4.78 is 18.9. The molecule has 4 aromatic rings. The van der Waals surface area contributed by atoms with Gasteiger partial charge in [0.1, 0.15) is 12.0 Å². The molecule has 5 rings (SSSR count). The number of imidazole rings is 1. The number of oxazole rings is 1. The van der Waals surface area contributed by atoms with Crippen molar-refractivity contribution in [3.8, 4) is 11.4 Å². The third-order valence-electron chi connectivity index (χ3n) is 5.89. The van der Waals surface area contributed by atoms with Crippen LogP contribution in [-0.2, 0) is 24.4 Å². The predicted octanol–water partition coefficient (Wildman–Crippen LogP) is 3.91. The molecule has 2 aromatic heterocycles. The van der Waals surface area contributed by atoms with Crippen LogP contribution in [0, 0.1) is 0 Å². The zero-order valence-corrected chi connectivity index (χ0v) is 19.3. The van der Waals surface area contributed by atoms with E-state index in [0.29, 0.717) is 19.1 Å². The summed E-state index contributed by atoms with van der Waals surface area (Å²) in [6.45, 7) is 5.41. The monoisotopic (exact) mass is 459 g/mol. The number of hydrogen-bond acceptors (Lipinski definition) is 7. The van der Waals surface area contributed by atoms with E-state index in [9.17, 15) is 0 Å². The van der Waals surface area contributed by atoms with Gasteiger partial charge in [0.25, 0.3) is 6.01 Å². The SMILES string of the molecule is COc1cccc(CN(Cc2cccc(-n3ccnc3)c2)c2nc(CN3CCOCC3)co2)c1. The molecule has 8 heteroatoms. The average molecular weight is 460 g/mol. The van der Waals surface area contributed by atoms with Crippen LogP contribution >= 0.6 is 0 Å². The second-order valence-corrected chi connectivity index (χ2v) is 8.36. The third-order valence-corrected chi connectivity index (χ3v) is 5.89. The van der Waals surface area contributed by atoms with Gasteiger partial charge in [0.05, 0.1) is 32.3 Å². The van der Waals surface area contributed by atoms with Crippen LogP contribution in [0.3, 0.4) is 0 Å². The van der Waals surface area contributed by atoms with Crippen LogP contribution in [0.15, 0.2) is 77.9 Å². The molecular weight excluding hydrogens is 430 g/mol. The standard InChI is InChI=1S/C26H29N5O3/c1-32-25-7-3-5-22(15-25)17-31(16-21-4-2-6-24(14-21)30-9-8-27-20-30)26-28-23(19-34-26)18-29-10-12-33-13-11-29/h2-9,14-15,19-20H,10-13,16-18H2,1H3. The number of benzene rings is 2. The fourth-order valence-electron chi connectivity index (χ4n) is 4.13. The molecule has 1 saturated heterocycles. The molecule has 0 aliphatic carbocycles. The predicted molar refractivity (Wildman–Crippen MR) is 129 cm³/mol.